The van der Waals surface area contributed by atoms with E-state index in [0.29, 0.717) is 35.6 Å². The number of halogens is 2. The minimum Gasteiger partial charge on any atom is -0.480 e. The number of benzene rings is 1. The van der Waals surface area contributed by atoms with Crippen molar-refractivity contribution in [3.8, 4) is 0 Å². The number of carboxylic acid groups (broad SMARTS) is 1. The minimum atomic E-state index is -1.10. The van der Waals surface area contributed by atoms with Gasteiger partial charge >= 0.3 is 12.0 Å². The number of rotatable bonds is 2. The van der Waals surface area contributed by atoms with Gasteiger partial charge in [0, 0.05) is 31.3 Å². The van der Waals surface area contributed by atoms with Crippen molar-refractivity contribution in [2.45, 2.75) is 25.6 Å². The zero-order valence-electron chi connectivity index (χ0n) is 15.4. The molecule has 2 aromatic rings. The Morgan fingerprint density at radius 3 is 2.83 bits per heavy atom. The normalized spacial score (nSPS) is 18.3. The smallest absolute Gasteiger partial charge is 0.328 e. The molecule has 0 saturated heterocycles. The Morgan fingerprint density at radius 1 is 1.38 bits per heavy atom. The highest BCUT2D eigenvalue weighted by atomic mass is 35.5. The van der Waals surface area contributed by atoms with Crippen LogP contribution in [-0.4, -0.2) is 62.2 Å². The second-order valence-electron chi connectivity index (χ2n) is 6.96. The van der Waals surface area contributed by atoms with E-state index in [0.717, 1.165) is 6.07 Å². The largest absolute Gasteiger partial charge is 0.480 e. The molecule has 2 aliphatic heterocycles. The third-order valence-electron chi connectivity index (χ3n) is 5.18. The van der Waals surface area contributed by atoms with Crippen LogP contribution in [0, 0.1) is 5.82 Å². The highest BCUT2D eigenvalue weighted by Gasteiger charge is 2.39. The first-order valence-corrected chi connectivity index (χ1v) is 9.23. The Kier molecular flexibility index (Phi) is 4.65. The van der Waals surface area contributed by atoms with Gasteiger partial charge in [-0.3, -0.25) is 9.48 Å². The topological polar surface area (TPSA) is 108 Å². The van der Waals surface area contributed by atoms with E-state index in [1.54, 1.807) is 0 Å². The average molecular weight is 422 g/mol. The number of likely N-dealkylation sites (N-methyl/N-ethyl adjacent to an activating group) is 1. The fourth-order valence-electron chi connectivity index (χ4n) is 3.59. The lowest BCUT2D eigenvalue weighted by Gasteiger charge is -2.31. The second kappa shape index (κ2) is 7.03. The molecule has 1 unspecified atom stereocenters. The second-order valence-corrected chi connectivity index (χ2v) is 7.36. The Labute approximate surface area is 169 Å². The van der Waals surface area contributed by atoms with Crippen molar-refractivity contribution in [2.75, 3.05) is 18.9 Å². The van der Waals surface area contributed by atoms with Gasteiger partial charge in [-0.25, -0.2) is 14.0 Å². The molecule has 1 atom stereocenters. The van der Waals surface area contributed by atoms with E-state index < -0.39 is 29.8 Å². The molecule has 29 heavy (non-hydrogen) atoms. The number of anilines is 1. The Morgan fingerprint density at radius 2 is 2.14 bits per heavy atom. The van der Waals surface area contributed by atoms with Crippen LogP contribution in [0.4, 0.5) is 14.9 Å². The fourth-order valence-corrected chi connectivity index (χ4v) is 3.77. The summed E-state index contributed by atoms with van der Waals surface area (Å²) in [7, 11) is 1.44. The van der Waals surface area contributed by atoms with Gasteiger partial charge in [0.1, 0.15) is 17.6 Å². The van der Waals surface area contributed by atoms with Gasteiger partial charge in [0.25, 0.3) is 5.91 Å². The van der Waals surface area contributed by atoms with Crippen LogP contribution in [0.1, 0.15) is 21.7 Å². The number of carboxylic acids is 1. The SMILES string of the molecule is CN1C(=O)c2c3c(nn2CC1C(=O)O)CCN(C(=O)Nc1ccc(F)c(Cl)c1)C3. The van der Waals surface area contributed by atoms with Crippen LogP contribution in [-0.2, 0) is 24.3 Å². The van der Waals surface area contributed by atoms with E-state index >= 15 is 0 Å². The first-order valence-electron chi connectivity index (χ1n) is 8.85. The summed E-state index contributed by atoms with van der Waals surface area (Å²) in [6.07, 6.45) is 0.432. The molecule has 2 N–H and O–H groups in total. The van der Waals surface area contributed by atoms with Crippen LogP contribution in [0.15, 0.2) is 18.2 Å². The summed E-state index contributed by atoms with van der Waals surface area (Å²) in [5, 5.41) is 16.3. The molecule has 3 heterocycles. The van der Waals surface area contributed by atoms with Crippen molar-refractivity contribution >= 4 is 35.2 Å². The number of nitrogens with zero attached hydrogens (tertiary/aromatic N) is 4. The van der Waals surface area contributed by atoms with Gasteiger partial charge in [-0.2, -0.15) is 5.10 Å². The summed E-state index contributed by atoms with van der Waals surface area (Å²) in [6.45, 7) is 0.583. The predicted octanol–water partition coefficient (Wildman–Crippen LogP) is 1.80. The standard InChI is InChI=1S/C18H17ClFN5O4/c1-23-14(17(27)28)8-25-15(16(23)26)10-7-24(5-4-13(10)22-25)18(29)21-9-2-3-12(20)11(19)6-9/h2-3,6,14H,4-5,7-8H2,1H3,(H,21,29)(H,27,28). The van der Waals surface area contributed by atoms with Crippen molar-refractivity contribution in [3.05, 3.63) is 46.0 Å². The summed E-state index contributed by atoms with van der Waals surface area (Å²) in [4.78, 5) is 39.4. The van der Waals surface area contributed by atoms with Crippen LogP contribution in [0.3, 0.4) is 0 Å². The quantitative estimate of drug-likeness (QED) is 0.768. The first kappa shape index (κ1) is 19.2. The van der Waals surface area contributed by atoms with E-state index in [4.69, 9.17) is 11.6 Å². The lowest BCUT2D eigenvalue weighted by atomic mass is 10.0. The molecule has 0 saturated carbocycles. The first-order chi connectivity index (χ1) is 13.8. The van der Waals surface area contributed by atoms with Gasteiger partial charge in [-0.05, 0) is 18.2 Å². The van der Waals surface area contributed by atoms with E-state index in [2.05, 4.69) is 10.4 Å². The third-order valence-corrected chi connectivity index (χ3v) is 5.47. The molecule has 4 rings (SSSR count). The molecule has 3 amide bonds. The molecule has 152 valence electrons. The summed E-state index contributed by atoms with van der Waals surface area (Å²) >= 11 is 5.74. The van der Waals surface area contributed by atoms with Crippen molar-refractivity contribution < 1.29 is 23.9 Å². The number of urea groups is 1. The Bertz CT molecular complexity index is 1040. The van der Waals surface area contributed by atoms with E-state index in [1.165, 1.54) is 33.7 Å². The molecule has 1 aromatic carbocycles. The molecular weight excluding hydrogens is 405 g/mol. The number of amides is 3. The number of aliphatic carboxylic acids is 1. The zero-order chi connectivity index (χ0) is 20.9. The number of fused-ring (bicyclic) bond motifs is 3. The maximum Gasteiger partial charge on any atom is 0.328 e. The van der Waals surface area contributed by atoms with Gasteiger partial charge in [0.05, 0.1) is 23.8 Å². The lowest BCUT2D eigenvalue weighted by Crippen LogP contribution is -2.50. The Balaban J connectivity index is 1.56. The van der Waals surface area contributed by atoms with E-state index in [-0.39, 0.29) is 18.1 Å². The number of hydrogen-bond acceptors (Lipinski definition) is 4. The molecular formula is C18H17ClFN5O4. The Hall–Kier alpha value is -3.14. The maximum absolute atomic E-state index is 13.3. The van der Waals surface area contributed by atoms with Crippen molar-refractivity contribution in [2.24, 2.45) is 0 Å². The van der Waals surface area contributed by atoms with Crippen LogP contribution in [0.5, 0.6) is 0 Å². The van der Waals surface area contributed by atoms with Gasteiger partial charge in [-0.15, -0.1) is 0 Å². The molecule has 11 heteroatoms. The lowest BCUT2D eigenvalue weighted by molar-refractivity contribution is -0.142. The number of nitrogens with one attached hydrogen (secondary N) is 1. The summed E-state index contributed by atoms with van der Waals surface area (Å²) in [5.41, 5.74) is 1.96. The zero-order valence-corrected chi connectivity index (χ0v) is 16.1. The monoisotopic (exact) mass is 421 g/mol. The van der Waals surface area contributed by atoms with Gasteiger partial charge in [0.15, 0.2) is 0 Å². The molecule has 2 aliphatic rings. The van der Waals surface area contributed by atoms with Crippen molar-refractivity contribution in [1.29, 1.82) is 0 Å². The summed E-state index contributed by atoms with van der Waals surface area (Å²) < 4.78 is 14.7. The van der Waals surface area contributed by atoms with Gasteiger partial charge in [0.2, 0.25) is 0 Å². The van der Waals surface area contributed by atoms with Crippen LogP contribution >= 0.6 is 11.6 Å². The van der Waals surface area contributed by atoms with Gasteiger partial charge < -0.3 is 20.2 Å². The fraction of sp³-hybridized carbons (Fsp3) is 0.333. The molecule has 0 aliphatic carbocycles. The summed E-state index contributed by atoms with van der Waals surface area (Å²) in [6, 6.07) is 2.47. The molecule has 0 bridgehead atoms. The molecule has 1 aromatic heterocycles. The highest BCUT2D eigenvalue weighted by molar-refractivity contribution is 6.31. The number of carbonyl (C=O) groups excluding carboxylic acids is 2. The molecule has 0 radical (unpaired) electrons. The number of aromatic nitrogens is 2. The van der Waals surface area contributed by atoms with Crippen molar-refractivity contribution in [1.82, 2.24) is 19.6 Å². The average Bonchev–Trinajstić information content (AvgIpc) is 3.05. The minimum absolute atomic E-state index is 0.0557. The maximum atomic E-state index is 13.3. The van der Waals surface area contributed by atoms with E-state index in [1.807, 2.05) is 0 Å². The number of hydrogen-bond donors (Lipinski definition) is 2. The van der Waals surface area contributed by atoms with Crippen LogP contribution < -0.4 is 5.32 Å². The highest BCUT2D eigenvalue weighted by Crippen LogP contribution is 2.28. The predicted molar refractivity (Wildman–Crippen MR) is 100 cm³/mol. The van der Waals surface area contributed by atoms with Crippen molar-refractivity contribution in [3.63, 3.8) is 0 Å². The molecule has 0 spiro atoms. The molecule has 9 nitrogen and oxygen atoms in total. The molecule has 0 fully saturated rings. The third kappa shape index (κ3) is 3.29. The van der Waals surface area contributed by atoms with Crippen LogP contribution in [0.25, 0.3) is 0 Å². The van der Waals surface area contributed by atoms with E-state index in [9.17, 15) is 23.9 Å². The van der Waals surface area contributed by atoms with Crippen LogP contribution in [0.2, 0.25) is 5.02 Å². The number of carbonyl (C=O) groups is 3. The van der Waals surface area contributed by atoms with Gasteiger partial charge in [-0.1, -0.05) is 11.6 Å². The summed E-state index contributed by atoms with van der Waals surface area (Å²) in [5.74, 6) is -2.12.